The molecule has 0 aromatic heterocycles. The summed E-state index contributed by atoms with van der Waals surface area (Å²) in [6.45, 7) is 5.07. The monoisotopic (exact) mass is 338 g/mol. The van der Waals surface area contributed by atoms with Gasteiger partial charge in [-0.15, -0.1) is 0 Å². The average molecular weight is 338 g/mol. The number of piperidine rings is 1. The lowest BCUT2D eigenvalue weighted by molar-refractivity contribution is -0.126. The van der Waals surface area contributed by atoms with Crippen molar-refractivity contribution in [2.45, 2.75) is 38.8 Å². The summed E-state index contributed by atoms with van der Waals surface area (Å²) in [5, 5.41) is 6.53. The van der Waals surface area contributed by atoms with Gasteiger partial charge in [0.15, 0.2) is 0 Å². The van der Waals surface area contributed by atoms with Gasteiger partial charge in [-0.1, -0.05) is 30.3 Å². The molecule has 1 fully saturated rings. The molecular weight excluding hydrogens is 312 g/mol. The van der Waals surface area contributed by atoms with E-state index >= 15 is 0 Å². The number of benzene rings is 2. The summed E-state index contributed by atoms with van der Waals surface area (Å²) in [5.74, 6) is 1.88. The number of hydrogen-bond donors (Lipinski definition) is 2. The Morgan fingerprint density at radius 2 is 1.80 bits per heavy atom. The molecule has 3 atom stereocenters. The highest BCUT2D eigenvalue weighted by atomic mass is 16.5. The lowest BCUT2D eigenvalue weighted by Crippen LogP contribution is -2.42. The molecule has 0 bridgehead atoms. The van der Waals surface area contributed by atoms with Crippen molar-refractivity contribution in [2.75, 3.05) is 6.54 Å². The molecule has 1 aliphatic heterocycles. The van der Waals surface area contributed by atoms with Gasteiger partial charge >= 0.3 is 0 Å². The van der Waals surface area contributed by atoms with Crippen LogP contribution in [0.3, 0.4) is 0 Å². The van der Waals surface area contributed by atoms with E-state index in [0.29, 0.717) is 6.04 Å². The average Bonchev–Trinajstić information content (AvgIpc) is 2.63. The Morgan fingerprint density at radius 1 is 1.12 bits per heavy atom. The van der Waals surface area contributed by atoms with Gasteiger partial charge in [-0.2, -0.15) is 0 Å². The fourth-order valence-electron chi connectivity index (χ4n) is 3.23. The maximum absolute atomic E-state index is 12.5. The van der Waals surface area contributed by atoms with Crippen molar-refractivity contribution < 1.29 is 9.53 Å². The number of carbonyl (C=O) groups is 1. The summed E-state index contributed by atoms with van der Waals surface area (Å²) in [6, 6.07) is 18.0. The van der Waals surface area contributed by atoms with Gasteiger partial charge in [-0.25, -0.2) is 0 Å². The minimum Gasteiger partial charge on any atom is -0.457 e. The SMILES string of the molecule is CC(NC(=O)[C@H]1CCN[C@@H](C)C1)c1ccc(Oc2ccccc2)cc1. The Bertz CT molecular complexity index is 685. The van der Waals surface area contributed by atoms with E-state index in [4.69, 9.17) is 4.74 Å². The van der Waals surface area contributed by atoms with E-state index in [-0.39, 0.29) is 17.9 Å². The van der Waals surface area contributed by atoms with Crippen LogP contribution in [0.25, 0.3) is 0 Å². The Hall–Kier alpha value is -2.33. The third kappa shape index (κ3) is 4.83. The molecule has 1 heterocycles. The Morgan fingerprint density at radius 3 is 2.48 bits per heavy atom. The van der Waals surface area contributed by atoms with Crippen LogP contribution in [0.15, 0.2) is 54.6 Å². The molecule has 3 rings (SSSR count). The third-order valence-electron chi connectivity index (χ3n) is 4.71. The molecule has 132 valence electrons. The van der Waals surface area contributed by atoms with Crippen molar-refractivity contribution in [2.24, 2.45) is 5.92 Å². The molecule has 0 radical (unpaired) electrons. The molecule has 1 amide bonds. The first-order chi connectivity index (χ1) is 12.1. The van der Waals surface area contributed by atoms with Crippen molar-refractivity contribution in [3.63, 3.8) is 0 Å². The van der Waals surface area contributed by atoms with Crippen LogP contribution in [0, 0.1) is 5.92 Å². The van der Waals surface area contributed by atoms with Crippen molar-refractivity contribution >= 4 is 5.91 Å². The first-order valence-electron chi connectivity index (χ1n) is 8.98. The molecule has 0 spiro atoms. The van der Waals surface area contributed by atoms with Crippen LogP contribution in [0.1, 0.15) is 38.3 Å². The topological polar surface area (TPSA) is 50.4 Å². The van der Waals surface area contributed by atoms with Crippen LogP contribution < -0.4 is 15.4 Å². The Kier molecular flexibility index (Phi) is 5.71. The second kappa shape index (κ2) is 8.17. The van der Waals surface area contributed by atoms with Crippen LogP contribution in [0.2, 0.25) is 0 Å². The highest BCUT2D eigenvalue weighted by Crippen LogP contribution is 2.24. The molecular formula is C21H26N2O2. The van der Waals surface area contributed by atoms with Gasteiger partial charge in [0.05, 0.1) is 6.04 Å². The number of rotatable bonds is 5. The van der Waals surface area contributed by atoms with E-state index in [2.05, 4.69) is 17.6 Å². The fraction of sp³-hybridized carbons (Fsp3) is 0.381. The molecule has 4 nitrogen and oxygen atoms in total. The maximum atomic E-state index is 12.5. The lowest BCUT2D eigenvalue weighted by Gasteiger charge is -2.28. The molecule has 1 saturated heterocycles. The van der Waals surface area contributed by atoms with Gasteiger partial charge in [0.2, 0.25) is 5.91 Å². The highest BCUT2D eigenvalue weighted by Gasteiger charge is 2.25. The fourth-order valence-corrected chi connectivity index (χ4v) is 3.23. The molecule has 25 heavy (non-hydrogen) atoms. The predicted molar refractivity (Wildman–Crippen MR) is 99.7 cm³/mol. The zero-order chi connectivity index (χ0) is 17.6. The molecule has 2 aromatic rings. The van der Waals surface area contributed by atoms with Gasteiger partial charge in [0, 0.05) is 12.0 Å². The number of para-hydroxylation sites is 1. The minimum atomic E-state index is -0.0107. The lowest BCUT2D eigenvalue weighted by atomic mass is 9.92. The second-order valence-electron chi connectivity index (χ2n) is 6.79. The van der Waals surface area contributed by atoms with E-state index in [1.807, 2.05) is 61.5 Å². The van der Waals surface area contributed by atoms with Gasteiger partial charge < -0.3 is 15.4 Å². The van der Waals surface area contributed by atoms with E-state index in [1.54, 1.807) is 0 Å². The highest BCUT2D eigenvalue weighted by molar-refractivity contribution is 5.79. The van der Waals surface area contributed by atoms with E-state index in [9.17, 15) is 4.79 Å². The summed E-state index contributed by atoms with van der Waals surface area (Å²) >= 11 is 0. The molecule has 2 N–H and O–H groups in total. The summed E-state index contributed by atoms with van der Waals surface area (Å²) in [5.41, 5.74) is 1.08. The summed E-state index contributed by atoms with van der Waals surface area (Å²) in [4.78, 5) is 12.5. The van der Waals surface area contributed by atoms with Crippen LogP contribution >= 0.6 is 0 Å². The zero-order valence-electron chi connectivity index (χ0n) is 14.9. The smallest absolute Gasteiger partial charge is 0.223 e. The Balaban J connectivity index is 1.57. The van der Waals surface area contributed by atoms with Crippen molar-refractivity contribution in [1.29, 1.82) is 0 Å². The third-order valence-corrected chi connectivity index (χ3v) is 4.71. The van der Waals surface area contributed by atoms with Crippen LogP contribution in [0.5, 0.6) is 11.5 Å². The second-order valence-corrected chi connectivity index (χ2v) is 6.79. The maximum Gasteiger partial charge on any atom is 0.223 e. The van der Waals surface area contributed by atoms with Crippen LogP contribution in [-0.2, 0) is 4.79 Å². The van der Waals surface area contributed by atoms with E-state index in [1.165, 1.54) is 0 Å². The number of amides is 1. The van der Waals surface area contributed by atoms with E-state index in [0.717, 1.165) is 36.4 Å². The number of hydrogen-bond acceptors (Lipinski definition) is 3. The van der Waals surface area contributed by atoms with Crippen molar-refractivity contribution in [3.05, 3.63) is 60.2 Å². The van der Waals surface area contributed by atoms with Crippen LogP contribution in [-0.4, -0.2) is 18.5 Å². The molecule has 1 unspecified atom stereocenters. The quantitative estimate of drug-likeness (QED) is 0.865. The summed E-state index contributed by atoms with van der Waals surface area (Å²) in [6.07, 6.45) is 1.81. The normalized spacial score (nSPS) is 21.4. The molecule has 0 aliphatic carbocycles. The van der Waals surface area contributed by atoms with Crippen molar-refractivity contribution in [1.82, 2.24) is 10.6 Å². The first kappa shape index (κ1) is 17.5. The first-order valence-corrected chi connectivity index (χ1v) is 8.98. The number of carbonyl (C=O) groups excluding carboxylic acids is 1. The summed E-state index contributed by atoms with van der Waals surface area (Å²) in [7, 11) is 0. The van der Waals surface area contributed by atoms with Crippen molar-refractivity contribution in [3.8, 4) is 11.5 Å². The molecule has 0 saturated carbocycles. The number of ether oxygens (including phenoxy) is 1. The largest absolute Gasteiger partial charge is 0.457 e. The van der Waals surface area contributed by atoms with Gasteiger partial charge in [0.1, 0.15) is 11.5 Å². The van der Waals surface area contributed by atoms with Crippen LogP contribution in [0.4, 0.5) is 0 Å². The van der Waals surface area contributed by atoms with Gasteiger partial charge in [-0.3, -0.25) is 4.79 Å². The van der Waals surface area contributed by atoms with Gasteiger partial charge in [-0.05, 0) is 63.1 Å². The predicted octanol–water partition coefficient (Wildman–Crippen LogP) is 4.04. The molecule has 2 aromatic carbocycles. The molecule has 1 aliphatic rings. The van der Waals surface area contributed by atoms with E-state index < -0.39 is 0 Å². The Labute approximate surface area is 149 Å². The number of nitrogens with one attached hydrogen (secondary N) is 2. The summed E-state index contributed by atoms with van der Waals surface area (Å²) < 4.78 is 5.81. The zero-order valence-corrected chi connectivity index (χ0v) is 14.9. The standard InChI is InChI=1S/C21H26N2O2/c1-15-14-18(12-13-22-15)21(24)23-16(2)17-8-10-20(11-9-17)25-19-6-4-3-5-7-19/h3-11,15-16,18,22H,12-14H2,1-2H3,(H,23,24)/t15-,16?,18-/m0/s1. The molecule has 4 heteroatoms. The van der Waals surface area contributed by atoms with Gasteiger partial charge in [0.25, 0.3) is 0 Å². The minimum absolute atomic E-state index is 0.0107.